The lowest BCUT2D eigenvalue weighted by Crippen LogP contribution is -2.09. The van der Waals surface area contributed by atoms with Gasteiger partial charge in [-0.1, -0.05) is 13.0 Å². The molecule has 0 amide bonds. The summed E-state index contributed by atoms with van der Waals surface area (Å²) in [5.41, 5.74) is 2.04. The molecule has 0 aliphatic heterocycles. The van der Waals surface area contributed by atoms with Crippen molar-refractivity contribution in [3.8, 4) is 0 Å². The zero-order valence-electron chi connectivity index (χ0n) is 8.90. The van der Waals surface area contributed by atoms with Crippen LogP contribution in [-0.4, -0.2) is 20.9 Å². The van der Waals surface area contributed by atoms with Crippen molar-refractivity contribution in [2.45, 2.75) is 32.7 Å². The van der Waals surface area contributed by atoms with Crippen LogP contribution < -0.4 is 0 Å². The second-order valence-corrected chi connectivity index (χ2v) is 3.85. The van der Waals surface area contributed by atoms with Gasteiger partial charge in [-0.25, -0.2) is 4.79 Å². The van der Waals surface area contributed by atoms with E-state index < -0.39 is 5.97 Å². The fourth-order valence-corrected chi connectivity index (χ4v) is 1.88. The number of allylic oxidation sites excluding steroid dienone is 1. The molecule has 0 spiro atoms. The Hall–Kier alpha value is -1.58. The Kier molecular flexibility index (Phi) is 2.34. The molecule has 0 aromatic carbocycles. The predicted molar refractivity (Wildman–Crippen MR) is 56.5 cm³/mol. The minimum absolute atomic E-state index is 0.343. The van der Waals surface area contributed by atoms with Crippen LogP contribution in [0.25, 0.3) is 5.57 Å². The third-order valence-electron chi connectivity index (χ3n) is 2.81. The molecule has 0 radical (unpaired) electrons. The Morgan fingerprint density at radius 3 is 3.07 bits per heavy atom. The fraction of sp³-hybridized carbons (Fsp3) is 0.455. The molecule has 1 atom stereocenters. The number of carboxylic acid groups (broad SMARTS) is 1. The van der Waals surface area contributed by atoms with E-state index in [9.17, 15) is 4.79 Å². The highest BCUT2D eigenvalue weighted by atomic mass is 16.4. The van der Waals surface area contributed by atoms with Crippen LogP contribution in [0.2, 0.25) is 0 Å². The first kappa shape index (κ1) is 9.96. The predicted octanol–water partition coefficient (Wildman–Crippen LogP) is 1.88. The van der Waals surface area contributed by atoms with Crippen molar-refractivity contribution >= 4 is 11.5 Å². The summed E-state index contributed by atoms with van der Waals surface area (Å²) in [4.78, 5) is 11.0. The van der Waals surface area contributed by atoms with E-state index in [1.54, 1.807) is 10.8 Å². The maximum atomic E-state index is 11.0. The van der Waals surface area contributed by atoms with E-state index in [4.69, 9.17) is 5.11 Å². The third kappa shape index (κ3) is 1.56. The van der Waals surface area contributed by atoms with Gasteiger partial charge >= 0.3 is 5.97 Å². The molecule has 1 aromatic heterocycles. The number of rotatable bonds is 2. The molecule has 1 heterocycles. The topological polar surface area (TPSA) is 55.1 Å². The molecule has 1 aromatic rings. The van der Waals surface area contributed by atoms with Crippen molar-refractivity contribution in [2.75, 3.05) is 0 Å². The van der Waals surface area contributed by atoms with Crippen molar-refractivity contribution in [2.24, 2.45) is 0 Å². The normalized spacial score (nSPS) is 19.6. The molecule has 1 aliphatic rings. The lowest BCUT2D eigenvalue weighted by atomic mass is 9.89. The largest absolute Gasteiger partial charge is 0.478 e. The van der Waals surface area contributed by atoms with E-state index in [1.807, 2.05) is 13.1 Å². The molecule has 4 heteroatoms. The minimum Gasteiger partial charge on any atom is -0.478 e. The summed E-state index contributed by atoms with van der Waals surface area (Å²) < 4.78 is 1.79. The monoisotopic (exact) mass is 206 g/mol. The molecule has 15 heavy (non-hydrogen) atoms. The van der Waals surface area contributed by atoms with Gasteiger partial charge in [0.1, 0.15) is 5.69 Å². The van der Waals surface area contributed by atoms with Crippen LogP contribution in [0.15, 0.2) is 12.3 Å². The van der Waals surface area contributed by atoms with E-state index in [0.29, 0.717) is 17.2 Å². The smallest absolute Gasteiger partial charge is 0.337 e. The average molecular weight is 206 g/mol. The SMILES string of the molecule is CCn1cc2c(n1)C(C(=O)O)=CCC2C. The Bertz CT molecular complexity index is 432. The van der Waals surface area contributed by atoms with Crippen LogP contribution in [0.1, 0.15) is 37.4 Å². The van der Waals surface area contributed by atoms with E-state index in [2.05, 4.69) is 12.0 Å². The molecule has 1 unspecified atom stereocenters. The van der Waals surface area contributed by atoms with Crippen molar-refractivity contribution in [1.29, 1.82) is 0 Å². The molecular formula is C11H14N2O2. The van der Waals surface area contributed by atoms with Gasteiger partial charge in [0.25, 0.3) is 0 Å². The van der Waals surface area contributed by atoms with Gasteiger partial charge in [-0.3, -0.25) is 4.68 Å². The molecule has 80 valence electrons. The Labute approximate surface area is 88.2 Å². The summed E-state index contributed by atoms with van der Waals surface area (Å²) in [6.45, 7) is 4.86. The van der Waals surface area contributed by atoms with Gasteiger partial charge in [-0.05, 0) is 19.3 Å². The van der Waals surface area contributed by atoms with Crippen LogP contribution in [0, 0.1) is 0 Å². The van der Waals surface area contributed by atoms with Crippen molar-refractivity contribution in [3.05, 3.63) is 23.5 Å². The fourth-order valence-electron chi connectivity index (χ4n) is 1.88. The number of aliphatic carboxylic acids is 1. The second kappa shape index (κ2) is 3.53. The van der Waals surface area contributed by atoms with Gasteiger partial charge in [-0.15, -0.1) is 0 Å². The molecule has 4 nitrogen and oxygen atoms in total. The van der Waals surface area contributed by atoms with Gasteiger partial charge in [0, 0.05) is 18.3 Å². The molecule has 0 bridgehead atoms. The number of fused-ring (bicyclic) bond motifs is 1. The number of hydrogen-bond donors (Lipinski definition) is 1. The summed E-state index contributed by atoms with van der Waals surface area (Å²) in [5, 5.41) is 13.3. The number of carbonyl (C=O) groups is 1. The van der Waals surface area contributed by atoms with Gasteiger partial charge in [-0.2, -0.15) is 5.10 Å². The second-order valence-electron chi connectivity index (χ2n) is 3.85. The molecule has 1 N–H and O–H groups in total. The summed E-state index contributed by atoms with van der Waals surface area (Å²) in [7, 11) is 0. The van der Waals surface area contributed by atoms with Crippen LogP contribution in [-0.2, 0) is 11.3 Å². The summed E-state index contributed by atoms with van der Waals surface area (Å²) in [6, 6.07) is 0. The first-order chi connectivity index (χ1) is 7.13. The van der Waals surface area contributed by atoms with Crippen LogP contribution in [0.3, 0.4) is 0 Å². The van der Waals surface area contributed by atoms with E-state index in [1.165, 1.54) is 0 Å². The summed E-state index contributed by atoms with van der Waals surface area (Å²) in [5.74, 6) is -0.520. The lowest BCUT2D eigenvalue weighted by molar-refractivity contribution is -0.130. The summed E-state index contributed by atoms with van der Waals surface area (Å²) >= 11 is 0. The Morgan fingerprint density at radius 1 is 1.73 bits per heavy atom. The quantitative estimate of drug-likeness (QED) is 0.803. The van der Waals surface area contributed by atoms with Crippen LogP contribution >= 0.6 is 0 Å². The highest BCUT2D eigenvalue weighted by molar-refractivity contribution is 6.15. The number of aryl methyl sites for hydroxylation is 1. The highest BCUT2D eigenvalue weighted by Crippen LogP contribution is 2.33. The van der Waals surface area contributed by atoms with Gasteiger partial charge < -0.3 is 5.11 Å². The number of aromatic nitrogens is 2. The zero-order valence-corrected chi connectivity index (χ0v) is 8.90. The van der Waals surface area contributed by atoms with E-state index >= 15 is 0 Å². The van der Waals surface area contributed by atoms with Crippen LogP contribution in [0.4, 0.5) is 0 Å². The molecular weight excluding hydrogens is 192 g/mol. The molecule has 1 aliphatic carbocycles. The van der Waals surface area contributed by atoms with Gasteiger partial charge in [0.15, 0.2) is 0 Å². The van der Waals surface area contributed by atoms with Gasteiger partial charge in [0.05, 0.1) is 5.57 Å². The maximum absolute atomic E-state index is 11.0. The first-order valence-electron chi connectivity index (χ1n) is 5.14. The Morgan fingerprint density at radius 2 is 2.47 bits per heavy atom. The molecule has 0 saturated carbocycles. The van der Waals surface area contributed by atoms with Crippen LogP contribution in [0.5, 0.6) is 0 Å². The van der Waals surface area contributed by atoms with E-state index in [0.717, 1.165) is 18.5 Å². The summed E-state index contributed by atoms with van der Waals surface area (Å²) in [6.07, 6.45) is 4.50. The number of hydrogen-bond acceptors (Lipinski definition) is 2. The standard InChI is InChI=1S/C11H14N2O2/c1-3-13-6-9-7(2)4-5-8(11(14)15)10(9)12-13/h5-7H,3-4H2,1-2H3,(H,14,15). The van der Waals surface area contributed by atoms with Crippen molar-refractivity contribution in [1.82, 2.24) is 9.78 Å². The number of nitrogens with zero attached hydrogens (tertiary/aromatic N) is 2. The van der Waals surface area contributed by atoms with Crippen molar-refractivity contribution < 1.29 is 9.90 Å². The number of carboxylic acids is 1. The molecule has 0 fully saturated rings. The Balaban J connectivity index is 2.52. The highest BCUT2D eigenvalue weighted by Gasteiger charge is 2.25. The van der Waals surface area contributed by atoms with E-state index in [-0.39, 0.29) is 0 Å². The third-order valence-corrected chi connectivity index (χ3v) is 2.81. The average Bonchev–Trinajstić information content (AvgIpc) is 2.62. The van der Waals surface area contributed by atoms with Gasteiger partial charge in [0.2, 0.25) is 0 Å². The zero-order chi connectivity index (χ0) is 11.0. The molecule has 0 saturated heterocycles. The molecule has 2 rings (SSSR count). The first-order valence-corrected chi connectivity index (χ1v) is 5.14. The van der Waals surface area contributed by atoms with Crippen molar-refractivity contribution in [3.63, 3.8) is 0 Å². The maximum Gasteiger partial charge on any atom is 0.337 e. The minimum atomic E-state index is -0.885. The lowest BCUT2D eigenvalue weighted by Gasteiger charge is -2.14.